The topological polar surface area (TPSA) is 65.2 Å². The molecule has 0 saturated carbocycles. The second kappa shape index (κ2) is 5.82. The average molecular weight is 249 g/mol. The monoisotopic (exact) mass is 249 g/mol. The van der Waals surface area contributed by atoms with Crippen molar-refractivity contribution in [1.82, 2.24) is 15.2 Å². The molecule has 2 N–H and O–H groups in total. The number of rotatable bonds is 2. The van der Waals surface area contributed by atoms with Crippen molar-refractivity contribution in [2.45, 2.75) is 25.3 Å². The number of carbonyl (C=O) groups is 1. The minimum Gasteiger partial charge on any atom is -0.339 e. The van der Waals surface area contributed by atoms with Crippen LogP contribution in [0.25, 0.3) is 0 Å². The van der Waals surface area contributed by atoms with Gasteiger partial charge in [-0.25, -0.2) is 0 Å². The molecule has 1 aromatic heterocycles. The van der Waals surface area contributed by atoms with Gasteiger partial charge in [0.1, 0.15) is 5.56 Å². The highest BCUT2D eigenvalue weighted by Crippen LogP contribution is 2.13. The lowest BCUT2D eigenvalue weighted by Gasteiger charge is -2.26. The minimum absolute atomic E-state index is 0.191. The first-order valence-electron chi connectivity index (χ1n) is 6.35. The smallest absolute Gasteiger partial charge is 0.260 e. The fraction of sp³-hybridized carbons (Fsp3) is 0.538. The van der Waals surface area contributed by atoms with Crippen LogP contribution < -0.4 is 10.9 Å². The third-order valence-electron chi connectivity index (χ3n) is 3.46. The molecule has 5 heteroatoms. The van der Waals surface area contributed by atoms with Gasteiger partial charge in [0.25, 0.3) is 11.5 Å². The Morgan fingerprint density at radius 2 is 2.22 bits per heavy atom. The third-order valence-corrected chi connectivity index (χ3v) is 3.46. The van der Waals surface area contributed by atoms with E-state index >= 15 is 0 Å². The zero-order valence-corrected chi connectivity index (χ0v) is 10.6. The number of hydrogen-bond donors (Lipinski definition) is 2. The first kappa shape index (κ1) is 12.8. The maximum atomic E-state index is 12.3. The lowest BCUT2D eigenvalue weighted by Crippen LogP contribution is -2.39. The van der Waals surface area contributed by atoms with Gasteiger partial charge in [-0.15, -0.1) is 0 Å². The fourth-order valence-corrected chi connectivity index (χ4v) is 2.33. The van der Waals surface area contributed by atoms with Crippen molar-refractivity contribution in [3.63, 3.8) is 0 Å². The van der Waals surface area contributed by atoms with Crippen molar-refractivity contribution in [3.05, 3.63) is 34.2 Å². The zero-order valence-electron chi connectivity index (χ0n) is 10.6. The molecule has 1 aliphatic heterocycles. The van der Waals surface area contributed by atoms with Crippen molar-refractivity contribution in [3.8, 4) is 0 Å². The molecular formula is C13H19N3O2. The number of aromatic nitrogens is 1. The highest BCUT2D eigenvalue weighted by atomic mass is 16.2. The maximum absolute atomic E-state index is 12.3. The average Bonchev–Trinajstić information content (AvgIpc) is 2.66. The van der Waals surface area contributed by atoms with E-state index in [4.69, 9.17) is 0 Å². The summed E-state index contributed by atoms with van der Waals surface area (Å²) in [5, 5.41) is 3.32. The normalized spacial score (nSPS) is 20.2. The number of pyridine rings is 1. The summed E-state index contributed by atoms with van der Waals surface area (Å²) in [6, 6.07) is 3.47. The summed E-state index contributed by atoms with van der Waals surface area (Å²) in [6.45, 7) is 1.93. The predicted molar refractivity (Wildman–Crippen MR) is 69.7 cm³/mol. The molecule has 18 heavy (non-hydrogen) atoms. The molecule has 1 amide bonds. The van der Waals surface area contributed by atoms with Crippen LogP contribution in [0.15, 0.2) is 23.1 Å². The summed E-state index contributed by atoms with van der Waals surface area (Å²) < 4.78 is 0. The number of nitrogens with one attached hydrogen (secondary N) is 2. The van der Waals surface area contributed by atoms with Gasteiger partial charge < -0.3 is 15.2 Å². The minimum atomic E-state index is -0.318. The number of amides is 1. The van der Waals surface area contributed by atoms with Crippen molar-refractivity contribution in [1.29, 1.82) is 0 Å². The van der Waals surface area contributed by atoms with E-state index in [0.29, 0.717) is 0 Å². The van der Waals surface area contributed by atoms with Crippen LogP contribution in [0, 0.1) is 0 Å². The van der Waals surface area contributed by atoms with E-state index in [1.54, 1.807) is 24.1 Å². The van der Waals surface area contributed by atoms with Crippen LogP contribution in [0.5, 0.6) is 0 Å². The van der Waals surface area contributed by atoms with Crippen LogP contribution in [0.3, 0.4) is 0 Å². The predicted octanol–water partition coefficient (Wildman–Crippen LogP) is 0.589. The van der Waals surface area contributed by atoms with Crippen LogP contribution in [0.2, 0.25) is 0 Å². The Morgan fingerprint density at radius 3 is 3.00 bits per heavy atom. The van der Waals surface area contributed by atoms with Crippen molar-refractivity contribution >= 4 is 5.91 Å². The highest BCUT2D eigenvalue weighted by Gasteiger charge is 2.23. The van der Waals surface area contributed by atoms with Crippen LogP contribution in [-0.2, 0) is 0 Å². The molecule has 0 spiro atoms. The Balaban J connectivity index is 2.13. The molecule has 1 aliphatic rings. The number of H-pyrrole nitrogens is 1. The molecular weight excluding hydrogens is 230 g/mol. The molecule has 0 radical (unpaired) electrons. The van der Waals surface area contributed by atoms with Gasteiger partial charge in [0.2, 0.25) is 0 Å². The van der Waals surface area contributed by atoms with Gasteiger partial charge in [0, 0.05) is 19.3 Å². The molecule has 0 aromatic carbocycles. The lowest BCUT2D eigenvalue weighted by atomic mass is 10.1. The second-order valence-electron chi connectivity index (χ2n) is 4.66. The molecule has 1 unspecified atom stereocenters. The van der Waals surface area contributed by atoms with E-state index in [9.17, 15) is 9.59 Å². The molecule has 1 fully saturated rings. The van der Waals surface area contributed by atoms with Gasteiger partial charge in [-0.3, -0.25) is 9.59 Å². The van der Waals surface area contributed by atoms with Crippen LogP contribution in [-0.4, -0.2) is 42.0 Å². The van der Waals surface area contributed by atoms with E-state index in [1.165, 1.54) is 6.20 Å². The van der Waals surface area contributed by atoms with E-state index < -0.39 is 0 Å². The lowest BCUT2D eigenvalue weighted by molar-refractivity contribution is 0.0718. The summed E-state index contributed by atoms with van der Waals surface area (Å²) in [5.41, 5.74) is -0.0988. The molecule has 2 rings (SSSR count). The van der Waals surface area contributed by atoms with Gasteiger partial charge in [0.05, 0.1) is 0 Å². The first-order chi connectivity index (χ1) is 8.70. The molecule has 1 atom stereocenters. The van der Waals surface area contributed by atoms with Crippen molar-refractivity contribution in [2.24, 2.45) is 0 Å². The Morgan fingerprint density at radius 1 is 1.39 bits per heavy atom. The largest absolute Gasteiger partial charge is 0.339 e. The standard InChI is InChI=1S/C13H19N3O2/c1-16(10-4-2-7-14-9-6-10)13(18)11-5-3-8-15-12(11)17/h3,5,8,10,14H,2,4,6-7,9H2,1H3,(H,15,17). The fourth-order valence-electron chi connectivity index (χ4n) is 2.33. The van der Waals surface area contributed by atoms with Crippen molar-refractivity contribution in [2.75, 3.05) is 20.1 Å². The Kier molecular flexibility index (Phi) is 4.15. The van der Waals surface area contributed by atoms with Crippen LogP contribution in [0.1, 0.15) is 29.6 Å². The van der Waals surface area contributed by atoms with Crippen LogP contribution in [0.4, 0.5) is 0 Å². The molecule has 0 aliphatic carbocycles. The molecule has 98 valence electrons. The molecule has 2 heterocycles. The van der Waals surface area contributed by atoms with E-state index in [-0.39, 0.29) is 23.1 Å². The zero-order chi connectivity index (χ0) is 13.0. The Labute approximate surface area is 106 Å². The highest BCUT2D eigenvalue weighted by molar-refractivity contribution is 5.93. The Hall–Kier alpha value is -1.62. The maximum Gasteiger partial charge on any atom is 0.260 e. The molecule has 1 aromatic rings. The number of aromatic amines is 1. The molecule has 5 nitrogen and oxygen atoms in total. The second-order valence-corrected chi connectivity index (χ2v) is 4.66. The Bertz CT molecular complexity index is 461. The number of nitrogens with zero attached hydrogens (tertiary/aromatic N) is 1. The van der Waals surface area contributed by atoms with E-state index in [2.05, 4.69) is 10.3 Å². The van der Waals surface area contributed by atoms with E-state index in [1.807, 2.05) is 0 Å². The van der Waals surface area contributed by atoms with Gasteiger partial charge in [0.15, 0.2) is 0 Å². The summed E-state index contributed by atoms with van der Waals surface area (Å²) in [7, 11) is 1.78. The summed E-state index contributed by atoms with van der Waals surface area (Å²) >= 11 is 0. The van der Waals surface area contributed by atoms with Gasteiger partial charge in [-0.1, -0.05) is 0 Å². The summed E-state index contributed by atoms with van der Waals surface area (Å²) in [5.74, 6) is -0.191. The first-order valence-corrected chi connectivity index (χ1v) is 6.35. The van der Waals surface area contributed by atoms with Crippen molar-refractivity contribution < 1.29 is 4.79 Å². The molecule has 1 saturated heterocycles. The SMILES string of the molecule is CN(C(=O)c1ccc[nH]c1=O)C1CCCNCC1. The van der Waals surface area contributed by atoms with Gasteiger partial charge in [-0.2, -0.15) is 0 Å². The summed E-state index contributed by atoms with van der Waals surface area (Å²) in [6.07, 6.45) is 4.52. The molecule has 0 bridgehead atoms. The van der Waals surface area contributed by atoms with E-state index in [0.717, 1.165) is 32.4 Å². The van der Waals surface area contributed by atoms with Gasteiger partial charge >= 0.3 is 0 Å². The van der Waals surface area contributed by atoms with Gasteiger partial charge in [-0.05, 0) is 44.5 Å². The number of carbonyl (C=O) groups excluding carboxylic acids is 1. The summed E-state index contributed by atoms with van der Waals surface area (Å²) in [4.78, 5) is 28.1. The quantitative estimate of drug-likeness (QED) is 0.806. The number of hydrogen-bond acceptors (Lipinski definition) is 3. The van der Waals surface area contributed by atoms with Crippen LogP contribution >= 0.6 is 0 Å². The third kappa shape index (κ3) is 2.79.